The smallest absolute Gasteiger partial charge is 0.549 e. The first-order valence-electron chi connectivity index (χ1n) is 3.73. The Bertz CT molecular complexity index is 236. The number of carbonyl (C=O) groups is 2. The predicted molar refractivity (Wildman–Crippen MR) is 38.0 cm³/mol. The molecule has 66 valence electrons. The molecule has 1 N–H and O–H groups in total. The molecule has 1 aliphatic rings. The Morgan fingerprint density at radius 1 is 1.46 bits per heavy atom. The van der Waals surface area contributed by atoms with Gasteiger partial charge in [-0.1, -0.05) is 12.2 Å². The summed E-state index contributed by atoms with van der Waals surface area (Å²) >= 11 is 0. The average Bonchev–Trinajstić information content (AvgIpc) is 2.04. The molecule has 2 atom stereocenters. The Morgan fingerprint density at radius 3 is 2.46 bits per heavy atom. The number of allylic oxidation sites excluding steroid dienone is 1. The van der Waals surface area contributed by atoms with E-state index >= 15 is 0 Å². The summed E-state index contributed by atoms with van der Waals surface area (Å²) in [5, 5.41) is 19.1. The minimum absolute atomic E-state index is 0. The molecule has 0 aromatic carbocycles. The number of hydrogen-bond donors (Lipinski definition) is 1. The van der Waals surface area contributed by atoms with Gasteiger partial charge in [0.25, 0.3) is 0 Å². The number of hydrogen-bond acceptors (Lipinski definition) is 3. The van der Waals surface area contributed by atoms with Crippen LogP contribution in [0.15, 0.2) is 12.2 Å². The molecule has 0 saturated carbocycles. The van der Waals surface area contributed by atoms with Crippen LogP contribution in [0.4, 0.5) is 0 Å². The van der Waals surface area contributed by atoms with Crippen LogP contribution in [0.1, 0.15) is 12.8 Å². The molecule has 0 heterocycles. The van der Waals surface area contributed by atoms with Crippen molar-refractivity contribution >= 4 is 11.9 Å². The second-order valence-electron chi connectivity index (χ2n) is 2.80. The van der Waals surface area contributed by atoms with Crippen molar-refractivity contribution in [3.8, 4) is 0 Å². The molecule has 0 aromatic heterocycles. The molecule has 0 aromatic rings. The van der Waals surface area contributed by atoms with Crippen LogP contribution in [0, 0.1) is 11.8 Å². The minimum atomic E-state index is -1.31. The Kier molecular flexibility index (Phi) is 5.29. The monoisotopic (exact) mass is 192 g/mol. The van der Waals surface area contributed by atoms with Crippen molar-refractivity contribution in [2.24, 2.45) is 11.8 Å². The van der Waals surface area contributed by atoms with Crippen LogP contribution >= 0.6 is 0 Å². The van der Waals surface area contributed by atoms with Crippen LogP contribution in [0.3, 0.4) is 0 Å². The minimum Gasteiger partial charge on any atom is -0.549 e. The van der Waals surface area contributed by atoms with Gasteiger partial charge < -0.3 is 15.0 Å². The van der Waals surface area contributed by atoms with E-state index in [9.17, 15) is 14.7 Å². The predicted octanol–water partition coefficient (Wildman–Crippen LogP) is -3.59. The fourth-order valence-electron chi connectivity index (χ4n) is 1.35. The van der Waals surface area contributed by atoms with Crippen molar-refractivity contribution in [3.63, 3.8) is 0 Å². The van der Waals surface area contributed by atoms with Crippen molar-refractivity contribution in [1.82, 2.24) is 0 Å². The fraction of sp³-hybridized carbons (Fsp3) is 0.500. The molecule has 13 heavy (non-hydrogen) atoms. The van der Waals surface area contributed by atoms with Crippen LogP contribution < -0.4 is 34.7 Å². The first-order chi connectivity index (χ1) is 5.63. The Labute approximate surface area is 97.9 Å². The van der Waals surface area contributed by atoms with E-state index in [4.69, 9.17) is 5.11 Å². The largest absolute Gasteiger partial charge is 1.00 e. The molecule has 2 unspecified atom stereocenters. The number of aliphatic carboxylic acids is 2. The summed E-state index contributed by atoms with van der Waals surface area (Å²) in [5.74, 6) is -4.15. The third-order valence-corrected chi connectivity index (χ3v) is 2.01. The van der Waals surface area contributed by atoms with Gasteiger partial charge in [0, 0.05) is 11.9 Å². The molecule has 0 aliphatic heterocycles. The van der Waals surface area contributed by atoms with E-state index in [0.29, 0.717) is 12.8 Å². The zero-order valence-electron chi connectivity index (χ0n) is 7.40. The van der Waals surface area contributed by atoms with E-state index in [1.165, 1.54) is 6.08 Å². The van der Waals surface area contributed by atoms with E-state index in [1.54, 1.807) is 6.08 Å². The van der Waals surface area contributed by atoms with Gasteiger partial charge in [-0.3, -0.25) is 4.79 Å². The topological polar surface area (TPSA) is 77.4 Å². The Balaban J connectivity index is 0.00000144. The number of carboxylic acids is 2. The molecule has 0 radical (unpaired) electrons. The fourth-order valence-corrected chi connectivity index (χ4v) is 1.35. The van der Waals surface area contributed by atoms with E-state index in [-0.39, 0.29) is 29.6 Å². The van der Waals surface area contributed by atoms with Crippen LogP contribution in [0.5, 0.6) is 0 Å². The van der Waals surface area contributed by atoms with E-state index in [0.717, 1.165) is 0 Å². The molecule has 0 bridgehead atoms. The number of carbonyl (C=O) groups excluding carboxylic acids is 1. The number of carboxylic acid groups (broad SMARTS) is 2. The Morgan fingerprint density at radius 2 is 2.08 bits per heavy atom. The number of rotatable bonds is 2. The summed E-state index contributed by atoms with van der Waals surface area (Å²) in [4.78, 5) is 21.0. The average molecular weight is 192 g/mol. The van der Waals surface area contributed by atoms with Crippen LogP contribution in [-0.2, 0) is 9.59 Å². The summed E-state index contributed by atoms with van der Waals surface area (Å²) in [7, 11) is 0. The van der Waals surface area contributed by atoms with E-state index < -0.39 is 23.8 Å². The van der Waals surface area contributed by atoms with Gasteiger partial charge in [-0.15, -0.1) is 0 Å². The first-order valence-corrected chi connectivity index (χ1v) is 3.73. The Hall–Kier alpha value is -0.320. The summed E-state index contributed by atoms with van der Waals surface area (Å²) in [5.41, 5.74) is 0. The molecule has 0 fully saturated rings. The van der Waals surface area contributed by atoms with Crippen molar-refractivity contribution < 1.29 is 49.4 Å². The molecule has 1 rings (SSSR count). The maximum atomic E-state index is 10.5. The molecule has 0 amide bonds. The molecular formula is C8H9NaO4. The van der Waals surface area contributed by atoms with Gasteiger partial charge in [0.2, 0.25) is 0 Å². The van der Waals surface area contributed by atoms with Crippen LogP contribution in [-0.4, -0.2) is 17.0 Å². The van der Waals surface area contributed by atoms with Gasteiger partial charge in [0.15, 0.2) is 0 Å². The first kappa shape index (κ1) is 12.7. The van der Waals surface area contributed by atoms with Gasteiger partial charge in [0.1, 0.15) is 0 Å². The molecule has 1 aliphatic carbocycles. The maximum Gasteiger partial charge on any atom is 1.00 e. The van der Waals surface area contributed by atoms with Gasteiger partial charge in [-0.2, -0.15) is 0 Å². The van der Waals surface area contributed by atoms with Gasteiger partial charge in [0.05, 0.1) is 5.92 Å². The third-order valence-electron chi connectivity index (χ3n) is 2.01. The SMILES string of the molecule is O=C([O-])C1C=CCCC1C(=O)O.[Na+]. The molecule has 5 heteroatoms. The zero-order chi connectivity index (χ0) is 9.14. The second-order valence-corrected chi connectivity index (χ2v) is 2.80. The van der Waals surface area contributed by atoms with Gasteiger partial charge in [-0.25, -0.2) is 0 Å². The van der Waals surface area contributed by atoms with Gasteiger partial charge in [-0.05, 0) is 12.8 Å². The third kappa shape index (κ3) is 3.14. The van der Waals surface area contributed by atoms with Crippen molar-refractivity contribution in [2.75, 3.05) is 0 Å². The molecular weight excluding hydrogens is 183 g/mol. The standard InChI is InChI=1S/C8H10O4.Na/c9-7(10)5-3-1-2-4-6(5)8(11)12;/h1,3,5-6H,2,4H2,(H,9,10)(H,11,12);/q;+1/p-1. The van der Waals surface area contributed by atoms with Crippen molar-refractivity contribution in [1.29, 1.82) is 0 Å². The van der Waals surface area contributed by atoms with Crippen LogP contribution in [0.2, 0.25) is 0 Å². The molecule has 0 saturated heterocycles. The molecule has 4 nitrogen and oxygen atoms in total. The summed E-state index contributed by atoms with van der Waals surface area (Å²) < 4.78 is 0. The zero-order valence-corrected chi connectivity index (χ0v) is 9.40. The van der Waals surface area contributed by atoms with Crippen molar-refractivity contribution in [2.45, 2.75) is 12.8 Å². The summed E-state index contributed by atoms with van der Waals surface area (Å²) in [6.07, 6.45) is 4.09. The molecule has 0 spiro atoms. The van der Waals surface area contributed by atoms with Gasteiger partial charge >= 0.3 is 35.5 Å². The van der Waals surface area contributed by atoms with Crippen molar-refractivity contribution in [3.05, 3.63) is 12.2 Å². The maximum absolute atomic E-state index is 10.5. The normalized spacial score (nSPS) is 26.2. The summed E-state index contributed by atoms with van der Waals surface area (Å²) in [6, 6.07) is 0. The van der Waals surface area contributed by atoms with E-state index in [1.807, 2.05) is 0 Å². The summed E-state index contributed by atoms with van der Waals surface area (Å²) in [6.45, 7) is 0. The quantitative estimate of drug-likeness (QED) is 0.362. The van der Waals surface area contributed by atoms with E-state index in [2.05, 4.69) is 0 Å². The second kappa shape index (κ2) is 5.42. The van der Waals surface area contributed by atoms with Crippen LogP contribution in [0.25, 0.3) is 0 Å².